The smallest absolute Gasteiger partial charge is 0.318 e. The van der Waals surface area contributed by atoms with Crippen LogP contribution in [-0.4, -0.2) is 90.2 Å². The average Bonchev–Trinajstić information content (AvgIpc) is 3.61. The Morgan fingerprint density at radius 2 is 2.07 bits per heavy atom. The van der Waals surface area contributed by atoms with Gasteiger partial charge in [0.15, 0.2) is 0 Å². The van der Waals surface area contributed by atoms with Gasteiger partial charge in [-0.2, -0.15) is 15.2 Å². The topological polar surface area (TPSA) is 88.8 Å². The minimum Gasteiger partial charge on any atom is -0.462 e. The zero-order valence-electron chi connectivity index (χ0n) is 23.8. The number of hydrogen-bond donors (Lipinski definition) is 0. The molecule has 4 heterocycles. The number of ether oxygens (including phenoxy) is 1. The maximum atomic E-state index is 12.5. The molecule has 0 bridgehead atoms. The first kappa shape index (κ1) is 27.8. The number of carbonyl (C=O) groups excluding carboxylic acids is 1. The molecule has 3 aliphatic heterocycles. The molecule has 6 rings (SSSR count). The Balaban J connectivity index is 1.30. The van der Waals surface area contributed by atoms with Crippen molar-refractivity contribution in [3.05, 3.63) is 52.7 Å². The van der Waals surface area contributed by atoms with Crippen LogP contribution in [0.1, 0.15) is 42.5 Å². The van der Waals surface area contributed by atoms with Crippen LogP contribution in [0.2, 0.25) is 5.02 Å². The van der Waals surface area contributed by atoms with E-state index in [0.29, 0.717) is 44.3 Å². The number of carbonyl (C=O) groups is 1. The number of piperazine rings is 1. The number of aromatic nitrogens is 2. The fourth-order valence-corrected chi connectivity index (χ4v) is 7.35. The molecule has 4 aliphatic rings. The molecule has 1 amide bonds. The number of hydrogen-bond acceptors (Lipinski definition) is 8. The summed E-state index contributed by atoms with van der Waals surface area (Å²) in [4.78, 5) is 31.3. The third-order valence-corrected chi connectivity index (χ3v) is 9.58. The highest BCUT2D eigenvalue weighted by Crippen LogP contribution is 2.40. The van der Waals surface area contributed by atoms with E-state index >= 15 is 0 Å². The van der Waals surface area contributed by atoms with Crippen molar-refractivity contribution in [3.63, 3.8) is 0 Å². The van der Waals surface area contributed by atoms with Crippen molar-refractivity contribution >= 4 is 29.0 Å². The van der Waals surface area contributed by atoms with Gasteiger partial charge in [0.25, 0.3) is 0 Å². The van der Waals surface area contributed by atoms with Crippen LogP contribution < -0.4 is 14.5 Å². The molecule has 10 heteroatoms. The molecule has 1 aliphatic carbocycles. The molecular formula is C31H38ClN7O2. The Morgan fingerprint density at radius 1 is 1.20 bits per heavy atom. The van der Waals surface area contributed by atoms with Crippen molar-refractivity contribution in [2.75, 3.05) is 56.2 Å². The van der Waals surface area contributed by atoms with E-state index in [-0.39, 0.29) is 18.4 Å². The summed E-state index contributed by atoms with van der Waals surface area (Å²) in [5, 5.41) is 10.3. The van der Waals surface area contributed by atoms with E-state index in [4.69, 9.17) is 26.3 Å². The van der Waals surface area contributed by atoms with Gasteiger partial charge in [-0.25, -0.2) is 0 Å². The van der Waals surface area contributed by atoms with E-state index in [9.17, 15) is 10.1 Å². The molecule has 2 saturated heterocycles. The minimum atomic E-state index is -0.221. The Bertz CT molecular complexity index is 1360. The Labute approximate surface area is 247 Å². The van der Waals surface area contributed by atoms with Crippen LogP contribution in [0.25, 0.3) is 0 Å². The fourth-order valence-electron chi connectivity index (χ4n) is 7.05. The molecule has 2 fully saturated rings. The fraction of sp³-hybridized carbons (Fsp3) is 0.548. The minimum absolute atomic E-state index is 0.133. The van der Waals surface area contributed by atoms with Crippen LogP contribution in [0, 0.1) is 11.3 Å². The molecule has 216 valence electrons. The summed E-state index contributed by atoms with van der Waals surface area (Å²) in [5.41, 5.74) is 4.67. The number of nitrogens with zero attached hydrogens (tertiary/aromatic N) is 7. The molecule has 0 N–H and O–H groups in total. The van der Waals surface area contributed by atoms with E-state index in [1.165, 1.54) is 23.7 Å². The predicted octanol–water partition coefficient (Wildman–Crippen LogP) is 3.64. The van der Waals surface area contributed by atoms with Gasteiger partial charge in [0.2, 0.25) is 5.91 Å². The Hall–Kier alpha value is -3.35. The molecule has 9 nitrogen and oxygen atoms in total. The number of halogens is 1. The normalized spacial score (nSPS) is 24.1. The standard InChI is InChI=1S/C31H38ClN7O2/c1-3-28(40)38-17-16-37(19-23(38)11-13-33)30-25-10-9-22(39-15-12-21-6-4-8-26(32)29(21)39)18-27(25)34-31(35-30)41-20-24-7-5-14-36(24)2/h3-4,6,8,22-24H,1,5,7,9-12,14-20H2,2H3/t22-,23-,24-/m0/s1. The number of para-hydroxylation sites is 1. The predicted molar refractivity (Wildman–Crippen MR) is 160 cm³/mol. The first-order valence-corrected chi connectivity index (χ1v) is 15.2. The summed E-state index contributed by atoms with van der Waals surface area (Å²) in [6.45, 7) is 7.95. The zero-order valence-corrected chi connectivity index (χ0v) is 24.5. The van der Waals surface area contributed by atoms with Crippen molar-refractivity contribution < 1.29 is 9.53 Å². The van der Waals surface area contributed by atoms with Gasteiger partial charge < -0.3 is 24.3 Å². The molecule has 0 radical (unpaired) electrons. The van der Waals surface area contributed by atoms with Crippen molar-refractivity contribution in [3.8, 4) is 12.1 Å². The van der Waals surface area contributed by atoms with Crippen LogP contribution >= 0.6 is 11.6 Å². The average molecular weight is 576 g/mol. The lowest BCUT2D eigenvalue weighted by Gasteiger charge is -2.42. The third-order valence-electron chi connectivity index (χ3n) is 9.27. The molecule has 41 heavy (non-hydrogen) atoms. The number of likely N-dealkylation sites (N-methyl/N-ethyl adjacent to an activating group) is 1. The maximum Gasteiger partial charge on any atom is 0.318 e. The number of fused-ring (bicyclic) bond motifs is 2. The van der Waals surface area contributed by atoms with E-state index in [1.807, 2.05) is 12.1 Å². The molecule has 1 aromatic heterocycles. The van der Waals surface area contributed by atoms with Crippen LogP contribution in [0.4, 0.5) is 11.5 Å². The highest BCUT2D eigenvalue weighted by molar-refractivity contribution is 6.33. The van der Waals surface area contributed by atoms with Gasteiger partial charge >= 0.3 is 6.01 Å². The lowest BCUT2D eigenvalue weighted by atomic mass is 9.90. The number of amides is 1. The molecule has 1 aromatic carbocycles. The van der Waals surface area contributed by atoms with Gasteiger partial charge in [-0.15, -0.1) is 0 Å². The monoisotopic (exact) mass is 575 g/mol. The number of likely N-dealkylation sites (tertiary alicyclic amines) is 1. The van der Waals surface area contributed by atoms with Crippen LogP contribution in [0.15, 0.2) is 30.9 Å². The van der Waals surface area contributed by atoms with E-state index < -0.39 is 0 Å². The SMILES string of the molecule is C=CC(=O)N1CCN(c2nc(OC[C@@H]3CCCN3C)nc3c2CC[C@H](N2CCc4cccc(Cl)c42)C3)C[C@@H]1CC#N. The molecule has 3 atom stereocenters. The molecule has 0 unspecified atom stereocenters. The summed E-state index contributed by atoms with van der Waals surface area (Å²) < 4.78 is 6.29. The van der Waals surface area contributed by atoms with Gasteiger partial charge in [0.05, 0.1) is 34.9 Å². The lowest BCUT2D eigenvalue weighted by molar-refractivity contribution is -0.128. The molecule has 0 saturated carbocycles. The molecule has 0 spiro atoms. The highest BCUT2D eigenvalue weighted by Gasteiger charge is 2.36. The largest absolute Gasteiger partial charge is 0.462 e. The summed E-state index contributed by atoms with van der Waals surface area (Å²) in [6, 6.07) is 9.32. The van der Waals surface area contributed by atoms with Gasteiger partial charge in [-0.3, -0.25) is 4.79 Å². The summed E-state index contributed by atoms with van der Waals surface area (Å²) in [5.74, 6) is 0.753. The van der Waals surface area contributed by atoms with Crippen LogP contribution in [0.3, 0.4) is 0 Å². The van der Waals surface area contributed by atoms with E-state index in [2.05, 4.69) is 40.5 Å². The van der Waals surface area contributed by atoms with Gasteiger partial charge in [-0.1, -0.05) is 30.3 Å². The Morgan fingerprint density at radius 3 is 2.85 bits per heavy atom. The first-order chi connectivity index (χ1) is 20.0. The lowest BCUT2D eigenvalue weighted by Crippen LogP contribution is -2.55. The van der Waals surface area contributed by atoms with Crippen molar-refractivity contribution in [2.45, 2.75) is 63.1 Å². The Kier molecular flexibility index (Phi) is 8.05. The number of nitriles is 1. The second kappa shape index (κ2) is 11.9. The number of anilines is 2. The number of rotatable bonds is 7. The molecule has 2 aromatic rings. The molecular weight excluding hydrogens is 538 g/mol. The zero-order chi connectivity index (χ0) is 28.5. The van der Waals surface area contributed by atoms with Crippen LogP contribution in [0.5, 0.6) is 6.01 Å². The van der Waals surface area contributed by atoms with Gasteiger partial charge in [-0.05, 0) is 63.4 Å². The summed E-state index contributed by atoms with van der Waals surface area (Å²) >= 11 is 6.68. The third kappa shape index (κ3) is 5.47. The van der Waals surface area contributed by atoms with E-state index in [0.717, 1.165) is 67.3 Å². The summed E-state index contributed by atoms with van der Waals surface area (Å²) in [6.07, 6.45) is 7.53. The van der Waals surface area contributed by atoms with Crippen molar-refractivity contribution in [1.82, 2.24) is 19.8 Å². The summed E-state index contributed by atoms with van der Waals surface area (Å²) in [7, 11) is 2.14. The second-order valence-electron chi connectivity index (χ2n) is 11.6. The quantitative estimate of drug-likeness (QED) is 0.462. The van der Waals surface area contributed by atoms with E-state index in [1.54, 1.807) is 4.90 Å². The van der Waals surface area contributed by atoms with Gasteiger partial charge in [0, 0.05) is 50.2 Å². The maximum absolute atomic E-state index is 12.5. The second-order valence-corrected chi connectivity index (χ2v) is 12.0. The van der Waals surface area contributed by atoms with Crippen molar-refractivity contribution in [2.24, 2.45) is 0 Å². The van der Waals surface area contributed by atoms with Crippen molar-refractivity contribution in [1.29, 1.82) is 5.26 Å². The van der Waals surface area contributed by atoms with Crippen LogP contribution in [-0.2, 0) is 24.1 Å². The van der Waals surface area contributed by atoms with Gasteiger partial charge in [0.1, 0.15) is 12.4 Å². The number of benzene rings is 1. The highest BCUT2D eigenvalue weighted by atomic mass is 35.5. The first-order valence-electron chi connectivity index (χ1n) is 14.8.